The molecule has 0 spiro atoms. The maximum Gasteiger partial charge on any atom is 0.150 e. The quantitative estimate of drug-likeness (QED) is 0.635. The number of fused-ring (bicyclic) bond motifs is 1. The Balaban J connectivity index is 1.90. The molecule has 0 bridgehead atoms. The van der Waals surface area contributed by atoms with E-state index in [2.05, 4.69) is 11.5 Å². The number of hydrogen-bond acceptors (Lipinski definition) is 3. The van der Waals surface area contributed by atoms with Crippen LogP contribution in [0.5, 0.6) is 11.5 Å². The second kappa shape index (κ2) is 5.97. The molecule has 4 heteroatoms. The fourth-order valence-electron chi connectivity index (χ4n) is 1.64. The molecule has 88 valence electrons. The summed E-state index contributed by atoms with van der Waals surface area (Å²) < 4.78 is 5.64. The molecule has 0 unspecified atom stereocenters. The molecular weight excluding hydrogens is 226 g/mol. The van der Waals surface area contributed by atoms with E-state index in [1.165, 1.54) is 5.56 Å². The molecule has 1 N–H and O–H groups in total. The summed E-state index contributed by atoms with van der Waals surface area (Å²) in [6.45, 7) is 1.58. The number of hydroxylamine groups is 1. The van der Waals surface area contributed by atoms with Crippen LogP contribution in [0.3, 0.4) is 0 Å². The number of nitrogens with one attached hydrogen (secondary N) is 1. The van der Waals surface area contributed by atoms with Crippen molar-refractivity contribution in [2.24, 2.45) is 0 Å². The van der Waals surface area contributed by atoms with Crippen molar-refractivity contribution < 1.29 is 9.57 Å². The van der Waals surface area contributed by atoms with Gasteiger partial charge in [-0.3, -0.25) is 0 Å². The molecule has 1 aliphatic rings. The Morgan fingerprint density at radius 1 is 1.38 bits per heavy atom. The monoisotopic (exact) mass is 241 g/mol. The van der Waals surface area contributed by atoms with Crippen LogP contribution >= 0.6 is 11.6 Å². The Bertz CT molecular complexity index is 344. The van der Waals surface area contributed by atoms with Gasteiger partial charge in [-0.25, -0.2) is 0 Å². The van der Waals surface area contributed by atoms with Gasteiger partial charge < -0.3 is 9.57 Å². The van der Waals surface area contributed by atoms with Gasteiger partial charge in [0.25, 0.3) is 0 Å². The van der Waals surface area contributed by atoms with Gasteiger partial charge in [0.15, 0.2) is 5.75 Å². The summed E-state index contributed by atoms with van der Waals surface area (Å²) in [4.78, 5) is 5.30. The first-order valence-corrected chi connectivity index (χ1v) is 6.15. The molecule has 1 aliphatic heterocycles. The minimum Gasteiger partial charge on any atom is -0.494 e. The zero-order valence-corrected chi connectivity index (χ0v) is 9.93. The number of hydrogen-bond donors (Lipinski definition) is 1. The SMILES string of the molecule is ClCCCCOc1ccc2c(c1)CCNO2. The van der Waals surface area contributed by atoms with Gasteiger partial charge in [0, 0.05) is 18.0 Å². The van der Waals surface area contributed by atoms with Crippen molar-refractivity contribution in [2.45, 2.75) is 19.3 Å². The summed E-state index contributed by atoms with van der Waals surface area (Å²) in [7, 11) is 0. The van der Waals surface area contributed by atoms with Crippen molar-refractivity contribution in [2.75, 3.05) is 19.0 Å². The molecule has 0 amide bonds. The highest BCUT2D eigenvalue weighted by Crippen LogP contribution is 2.26. The van der Waals surface area contributed by atoms with Gasteiger partial charge in [0.2, 0.25) is 0 Å². The van der Waals surface area contributed by atoms with E-state index < -0.39 is 0 Å². The first-order chi connectivity index (χ1) is 7.90. The first-order valence-electron chi connectivity index (χ1n) is 5.61. The van der Waals surface area contributed by atoms with Gasteiger partial charge in [-0.15, -0.1) is 11.6 Å². The lowest BCUT2D eigenvalue weighted by atomic mass is 10.1. The Kier molecular flexibility index (Phi) is 4.31. The van der Waals surface area contributed by atoms with Gasteiger partial charge in [-0.05, 0) is 37.5 Å². The molecule has 1 aromatic carbocycles. The van der Waals surface area contributed by atoms with E-state index in [-0.39, 0.29) is 0 Å². The van der Waals surface area contributed by atoms with Crippen LogP contribution in [0.25, 0.3) is 0 Å². The molecule has 0 fully saturated rings. The summed E-state index contributed by atoms with van der Waals surface area (Å²) in [5, 5.41) is 0. The molecule has 1 heterocycles. The van der Waals surface area contributed by atoms with Crippen LogP contribution in [0.15, 0.2) is 18.2 Å². The highest BCUT2D eigenvalue weighted by Gasteiger charge is 2.10. The molecular formula is C12H16ClNO2. The lowest BCUT2D eigenvalue weighted by Crippen LogP contribution is -2.26. The van der Waals surface area contributed by atoms with Gasteiger partial charge in [-0.1, -0.05) is 0 Å². The van der Waals surface area contributed by atoms with Gasteiger partial charge >= 0.3 is 0 Å². The van der Waals surface area contributed by atoms with Crippen LogP contribution < -0.4 is 15.1 Å². The Morgan fingerprint density at radius 2 is 2.31 bits per heavy atom. The molecule has 0 radical (unpaired) electrons. The topological polar surface area (TPSA) is 30.5 Å². The molecule has 16 heavy (non-hydrogen) atoms. The molecule has 3 nitrogen and oxygen atoms in total. The van der Waals surface area contributed by atoms with E-state index in [9.17, 15) is 0 Å². The van der Waals surface area contributed by atoms with E-state index in [1.54, 1.807) is 0 Å². The van der Waals surface area contributed by atoms with Crippen LogP contribution in [0.2, 0.25) is 0 Å². The number of benzene rings is 1. The molecule has 0 atom stereocenters. The van der Waals surface area contributed by atoms with E-state index in [4.69, 9.17) is 21.2 Å². The zero-order valence-electron chi connectivity index (χ0n) is 9.17. The van der Waals surface area contributed by atoms with Gasteiger partial charge in [-0.2, -0.15) is 5.48 Å². The van der Waals surface area contributed by atoms with Crippen LogP contribution in [0.4, 0.5) is 0 Å². The normalized spacial score (nSPS) is 14.1. The summed E-state index contributed by atoms with van der Waals surface area (Å²) in [5.74, 6) is 2.52. The van der Waals surface area contributed by atoms with Crippen molar-refractivity contribution in [3.63, 3.8) is 0 Å². The Hall–Kier alpha value is -0.930. The molecule has 1 aromatic rings. The average Bonchev–Trinajstić information content (AvgIpc) is 2.34. The largest absolute Gasteiger partial charge is 0.494 e. The van der Waals surface area contributed by atoms with Crippen molar-refractivity contribution >= 4 is 11.6 Å². The number of unbranched alkanes of at least 4 members (excludes halogenated alkanes) is 1. The van der Waals surface area contributed by atoms with Crippen LogP contribution in [0.1, 0.15) is 18.4 Å². The third-order valence-corrected chi connectivity index (χ3v) is 2.77. The van der Waals surface area contributed by atoms with Crippen LogP contribution in [-0.4, -0.2) is 19.0 Å². The molecule has 0 saturated carbocycles. The standard InChI is InChI=1S/C12H16ClNO2/c13-6-1-2-8-15-11-3-4-12-10(9-11)5-7-14-16-12/h3-4,9,14H,1-2,5-8H2. The molecule has 2 rings (SSSR count). The van der Waals surface area contributed by atoms with E-state index in [0.29, 0.717) is 5.88 Å². The highest BCUT2D eigenvalue weighted by molar-refractivity contribution is 6.17. The predicted octanol–water partition coefficient (Wildman–Crippen LogP) is 2.52. The van der Waals surface area contributed by atoms with Crippen molar-refractivity contribution in [1.82, 2.24) is 5.48 Å². The Labute approximate surface area is 101 Å². The van der Waals surface area contributed by atoms with E-state index >= 15 is 0 Å². The third kappa shape index (κ3) is 3.03. The fraction of sp³-hybridized carbons (Fsp3) is 0.500. The van der Waals surface area contributed by atoms with Gasteiger partial charge in [0.1, 0.15) is 5.75 Å². The number of rotatable bonds is 5. The number of alkyl halides is 1. The summed E-state index contributed by atoms with van der Waals surface area (Å²) >= 11 is 5.60. The van der Waals surface area contributed by atoms with Crippen LogP contribution in [-0.2, 0) is 6.42 Å². The minimum absolute atomic E-state index is 0.701. The second-order valence-electron chi connectivity index (χ2n) is 3.76. The molecule has 0 aromatic heterocycles. The smallest absolute Gasteiger partial charge is 0.150 e. The maximum absolute atomic E-state index is 5.64. The van der Waals surface area contributed by atoms with Gasteiger partial charge in [0.05, 0.1) is 6.61 Å². The lowest BCUT2D eigenvalue weighted by molar-refractivity contribution is 0.179. The summed E-state index contributed by atoms with van der Waals surface area (Å²) in [5.41, 5.74) is 4.07. The van der Waals surface area contributed by atoms with Crippen molar-refractivity contribution in [3.8, 4) is 11.5 Å². The highest BCUT2D eigenvalue weighted by atomic mass is 35.5. The zero-order chi connectivity index (χ0) is 11.2. The predicted molar refractivity (Wildman–Crippen MR) is 64.2 cm³/mol. The number of ether oxygens (including phenoxy) is 1. The van der Waals surface area contributed by atoms with Crippen molar-refractivity contribution in [1.29, 1.82) is 0 Å². The molecule has 0 aliphatic carbocycles. The Morgan fingerprint density at radius 3 is 3.19 bits per heavy atom. The summed E-state index contributed by atoms with van der Waals surface area (Å²) in [6, 6.07) is 5.93. The van der Waals surface area contributed by atoms with Crippen molar-refractivity contribution in [3.05, 3.63) is 23.8 Å². The molecule has 0 saturated heterocycles. The average molecular weight is 242 g/mol. The second-order valence-corrected chi connectivity index (χ2v) is 4.14. The number of halogens is 1. The van der Waals surface area contributed by atoms with E-state index in [1.807, 2.05) is 12.1 Å². The minimum atomic E-state index is 0.701. The first kappa shape index (κ1) is 11.6. The third-order valence-electron chi connectivity index (χ3n) is 2.51. The summed E-state index contributed by atoms with van der Waals surface area (Å²) in [6.07, 6.45) is 2.98. The van der Waals surface area contributed by atoms with E-state index in [0.717, 1.165) is 43.9 Å². The maximum atomic E-state index is 5.64. The lowest BCUT2D eigenvalue weighted by Gasteiger charge is -2.18. The van der Waals surface area contributed by atoms with Crippen LogP contribution in [0, 0.1) is 0 Å². The fourth-order valence-corrected chi connectivity index (χ4v) is 1.83.